The van der Waals surface area contributed by atoms with Gasteiger partial charge in [-0.05, 0) is 25.8 Å². The molecule has 70 valence electrons. The van der Waals surface area contributed by atoms with Crippen molar-refractivity contribution in [1.29, 1.82) is 0 Å². The fourth-order valence-electron chi connectivity index (χ4n) is 1.86. The number of pyridine rings is 1. The molecule has 1 aliphatic rings. The van der Waals surface area contributed by atoms with Gasteiger partial charge in [0.05, 0.1) is 0 Å². The van der Waals surface area contributed by atoms with E-state index in [0.717, 1.165) is 12.8 Å². The van der Waals surface area contributed by atoms with Gasteiger partial charge in [0.2, 0.25) is 5.95 Å². The third kappa shape index (κ3) is 1.23. The monoisotopic (exact) mass is 180 g/mol. The first-order chi connectivity index (χ1) is 6.17. The average molecular weight is 180 g/mol. The van der Waals surface area contributed by atoms with Crippen molar-refractivity contribution in [2.45, 2.75) is 31.2 Å². The van der Waals surface area contributed by atoms with Crippen LogP contribution in [0.15, 0.2) is 18.3 Å². The van der Waals surface area contributed by atoms with Crippen LogP contribution in [0.3, 0.4) is 0 Å². The largest absolute Gasteiger partial charge is 0.327 e. The fourth-order valence-corrected chi connectivity index (χ4v) is 1.86. The van der Waals surface area contributed by atoms with Gasteiger partial charge in [0, 0.05) is 23.2 Å². The smallest absolute Gasteiger partial charge is 0.216 e. The van der Waals surface area contributed by atoms with E-state index in [1.54, 1.807) is 12.1 Å². The summed E-state index contributed by atoms with van der Waals surface area (Å²) in [6, 6.07) is 3.56. The maximum atomic E-state index is 13.3. The molecule has 0 saturated heterocycles. The molecule has 1 saturated carbocycles. The predicted octanol–water partition coefficient (Wildman–Crippen LogP) is 1.60. The highest BCUT2D eigenvalue weighted by atomic mass is 19.1. The summed E-state index contributed by atoms with van der Waals surface area (Å²) in [5, 5.41) is 0. The predicted molar refractivity (Wildman–Crippen MR) is 48.8 cm³/mol. The molecule has 2 rings (SSSR count). The van der Waals surface area contributed by atoms with Crippen molar-refractivity contribution < 1.29 is 4.39 Å². The molecule has 0 amide bonds. The van der Waals surface area contributed by atoms with Crippen LogP contribution in [-0.4, -0.2) is 11.0 Å². The van der Waals surface area contributed by atoms with Gasteiger partial charge in [0.1, 0.15) is 0 Å². The summed E-state index contributed by atoms with van der Waals surface area (Å²) in [7, 11) is 0. The molecular weight excluding hydrogens is 167 g/mol. The van der Waals surface area contributed by atoms with Crippen molar-refractivity contribution >= 4 is 0 Å². The first-order valence-electron chi connectivity index (χ1n) is 4.53. The molecule has 0 aliphatic heterocycles. The number of nitrogens with two attached hydrogens (primary N) is 1. The Balaban J connectivity index is 2.41. The molecule has 3 heteroatoms. The minimum Gasteiger partial charge on any atom is -0.327 e. The number of halogens is 1. The summed E-state index contributed by atoms with van der Waals surface area (Å²) in [6.07, 6.45) is 3.43. The number of hydrogen-bond donors (Lipinski definition) is 1. The minimum absolute atomic E-state index is 0.00574. The number of rotatable bonds is 2. The Morgan fingerprint density at radius 3 is 2.77 bits per heavy atom. The molecule has 1 fully saturated rings. The molecule has 1 heterocycles. The van der Waals surface area contributed by atoms with Crippen molar-refractivity contribution in [1.82, 2.24) is 4.98 Å². The van der Waals surface area contributed by atoms with E-state index < -0.39 is 0 Å². The van der Waals surface area contributed by atoms with Gasteiger partial charge < -0.3 is 5.73 Å². The topological polar surface area (TPSA) is 38.9 Å². The molecule has 0 bridgehead atoms. The van der Waals surface area contributed by atoms with Crippen LogP contribution in [0.5, 0.6) is 0 Å². The van der Waals surface area contributed by atoms with Crippen molar-refractivity contribution in [3.63, 3.8) is 0 Å². The molecule has 1 aromatic rings. The van der Waals surface area contributed by atoms with Crippen LogP contribution in [0.25, 0.3) is 0 Å². The highest BCUT2D eigenvalue weighted by molar-refractivity contribution is 5.32. The van der Waals surface area contributed by atoms with Crippen LogP contribution in [0, 0.1) is 5.95 Å². The SMILES string of the molecule is CC(N)C1(c2cccnc2F)CC1. The Morgan fingerprint density at radius 2 is 2.31 bits per heavy atom. The second kappa shape index (κ2) is 2.77. The second-order valence-corrected chi connectivity index (χ2v) is 3.79. The van der Waals surface area contributed by atoms with Gasteiger partial charge in [-0.25, -0.2) is 4.98 Å². The molecule has 0 aromatic carbocycles. The first-order valence-corrected chi connectivity index (χ1v) is 4.53. The van der Waals surface area contributed by atoms with E-state index in [1.807, 2.05) is 6.92 Å². The Kier molecular flexibility index (Phi) is 1.84. The van der Waals surface area contributed by atoms with Gasteiger partial charge >= 0.3 is 0 Å². The van der Waals surface area contributed by atoms with Crippen LogP contribution in [0.1, 0.15) is 25.3 Å². The lowest BCUT2D eigenvalue weighted by molar-refractivity contribution is 0.493. The van der Waals surface area contributed by atoms with E-state index in [1.165, 1.54) is 6.20 Å². The molecule has 2 nitrogen and oxygen atoms in total. The molecule has 0 spiro atoms. The normalized spacial score (nSPS) is 21.2. The van der Waals surface area contributed by atoms with Crippen molar-refractivity contribution in [3.8, 4) is 0 Å². The lowest BCUT2D eigenvalue weighted by Gasteiger charge is -2.19. The van der Waals surface area contributed by atoms with E-state index in [2.05, 4.69) is 4.98 Å². The summed E-state index contributed by atoms with van der Waals surface area (Å²) in [5.74, 6) is -0.364. The molecular formula is C10H13FN2. The van der Waals surface area contributed by atoms with Gasteiger partial charge in [0.15, 0.2) is 0 Å². The van der Waals surface area contributed by atoms with Crippen molar-refractivity contribution in [3.05, 3.63) is 29.8 Å². The van der Waals surface area contributed by atoms with Crippen LogP contribution in [0.2, 0.25) is 0 Å². The highest BCUT2D eigenvalue weighted by Crippen LogP contribution is 2.50. The lowest BCUT2D eigenvalue weighted by atomic mass is 9.90. The number of nitrogens with zero attached hydrogens (tertiary/aromatic N) is 1. The maximum Gasteiger partial charge on any atom is 0.216 e. The zero-order valence-electron chi connectivity index (χ0n) is 7.63. The van der Waals surface area contributed by atoms with Crippen LogP contribution in [0.4, 0.5) is 4.39 Å². The molecule has 2 N–H and O–H groups in total. The summed E-state index contributed by atoms with van der Waals surface area (Å²) in [5.41, 5.74) is 6.40. The highest BCUT2D eigenvalue weighted by Gasteiger charge is 2.49. The molecule has 13 heavy (non-hydrogen) atoms. The van der Waals surface area contributed by atoms with Gasteiger partial charge in [-0.15, -0.1) is 0 Å². The average Bonchev–Trinajstić information content (AvgIpc) is 2.85. The Bertz CT molecular complexity index is 318. The summed E-state index contributed by atoms with van der Waals surface area (Å²) in [4.78, 5) is 3.65. The molecule has 1 aliphatic carbocycles. The standard InChI is InChI=1S/C10H13FN2/c1-7(12)10(4-5-10)8-3-2-6-13-9(8)11/h2-3,6-7H,4-5,12H2,1H3. The zero-order valence-corrected chi connectivity index (χ0v) is 7.63. The quantitative estimate of drug-likeness (QED) is 0.702. The number of aromatic nitrogens is 1. The lowest BCUT2D eigenvalue weighted by Crippen LogP contribution is -2.32. The number of hydrogen-bond acceptors (Lipinski definition) is 2. The summed E-state index contributed by atoms with van der Waals surface area (Å²) in [6.45, 7) is 1.93. The fraction of sp³-hybridized carbons (Fsp3) is 0.500. The zero-order chi connectivity index (χ0) is 9.47. The van der Waals surface area contributed by atoms with Gasteiger partial charge in [-0.3, -0.25) is 0 Å². The minimum atomic E-state index is -0.364. The second-order valence-electron chi connectivity index (χ2n) is 3.79. The van der Waals surface area contributed by atoms with Crippen LogP contribution < -0.4 is 5.73 Å². The van der Waals surface area contributed by atoms with Crippen molar-refractivity contribution in [2.75, 3.05) is 0 Å². The van der Waals surface area contributed by atoms with Gasteiger partial charge in [0.25, 0.3) is 0 Å². The molecule has 1 aromatic heterocycles. The Morgan fingerprint density at radius 1 is 1.62 bits per heavy atom. The van der Waals surface area contributed by atoms with Gasteiger partial charge in [-0.1, -0.05) is 6.07 Å². The van der Waals surface area contributed by atoms with Gasteiger partial charge in [-0.2, -0.15) is 4.39 Å². The third-order valence-electron chi connectivity index (χ3n) is 2.96. The molecule has 1 atom stereocenters. The molecule has 1 unspecified atom stereocenters. The van der Waals surface area contributed by atoms with E-state index in [-0.39, 0.29) is 17.4 Å². The van der Waals surface area contributed by atoms with E-state index >= 15 is 0 Å². The maximum absolute atomic E-state index is 13.3. The van der Waals surface area contributed by atoms with E-state index in [0.29, 0.717) is 5.56 Å². The summed E-state index contributed by atoms with van der Waals surface area (Å²) >= 11 is 0. The summed E-state index contributed by atoms with van der Waals surface area (Å²) < 4.78 is 13.3. The first kappa shape index (κ1) is 8.63. The molecule has 0 radical (unpaired) electrons. The Hall–Kier alpha value is -0.960. The third-order valence-corrected chi connectivity index (χ3v) is 2.96. The van der Waals surface area contributed by atoms with E-state index in [4.69, 9.17) is 5.73 Å². The van der Waals surface area contributed by atoms with E-state index in [9.17, 15) is 4.39 Å². The van der Waals surface area contributed by atoms with Crippen LogP contribution >= 0.6 is 0 Å². The van der Waals surface area contributed by atoms with Crippen LogP contribution in [-0.2, 0) is 5.41 Å². The van der Waals surface area contributed by atoms with Crippen molar-refractivity contribution in [2.24, 2.45) is 5.73 Å². The Labute approximate surface area is 77.0 Å².